The largest absolute Gasteiger partial charge is 0.383 e. The summed E-state index contributed by atoms with van der Waals surface area (Å²) in [4.78, 5) is 20.9. The highest BCUT2D eigenvalue weighted by molar-refractivity contribution is 8.00. The van der Waals surface area contributed by atoms with E-state index in [1.165, 1.54) is 0 Å². The fourth-order valence-electron chi connectivity index (χ4n) is 3.44. The number of nitrogens with one attached hydrogen (secondary N) is 2. The van der Waals surface area contributed by atoms with Gasteiger partial charge < -0.3 is 25.0 Å². The molecule has 27 heavy (non-hydrogen) atoms. The Morgan fingerprint density at radius 2 is 1.93 bits per heavy atom. The van der Waals surface area contributed by atoms with Crippen molar-refractivity contribution >= 4 is 23.6 Å². The summed E-state index contributed by atoms with van der Waals surface area (Å²) in [5.74, 6) is 1.02. The minimum atomic E-state index is 0.0597. The molecule has 0 aliphatic carbocycles. The number of hydrogen-bond acceptors (Lipinski definition) is 6. The highest BCUT2D eigenvalue weighted by Gasteiger charge is 2.32. The lowest BCUT2D eigenvalue weighted by atomic mass is 9.99. The molecule has 2 aliphatic heterocycles. The van der Waals surface area contributed by atoms with Gasteiger partial charge in [-0.3, -0.25) is 14.7 Å². The number of carbonyl (C=O) groups is 1. The van der Waals surface area contributed by atoms with E-state index >= 15 is 0 Å². The second-order valence-corrected chi connectivity index (χ2v) is 8.28. The number of hydrogen-bond donors (Lipinski definition) is 2. The molecule has 2 saturated heterocycles. The van der Waals surface area contributed by atoms with Gasteiger partial charge in [0.2, 0.25) is 5.91 Å². The second-order valence-electron chi connectivity index (χ2n) is 7.01. The van der Waals surface area contributed by atoms with Crippen LogP contribution in [0.5, 0.6) is 0 Å². The van der Waals surface area contributed by atoms with Crippen LogP contribution in [0.2, 0.25) is 0 Å². The Hall–Kier alpha value is -1.03. The van der Waals surface area contributed by atoms with Gasteiger partial charge in [0.15, 0.2) is 5.96 Å². The third-order valence-electron chi connectivity index (χ3n) is 5.28. The summed E-state index contributed by atoms with van der Waals surface area (Å²) in [5, 5.41) is 6.45. The van der Waals surface area contributed by atoms with Crippen molar-refractivity contribution in [3.63, 3.8) is 0 Å². The van der Waals surface area contributed by atoms with Crippen molar-refractivity contribution in [1.82, 2.24) is 20.4 Å². The molecule has 0 aromatic rings. The lowest BCUT2D eigenvalue weighted by Crippen LogP contribution is -2.55. The van der Waals surface area contributed by atoms with Crippen molar-refractivity contribution in [2.45, 2.75) is 17.6 Å². The first-order valence-corrected chi connectivity index (χ1v) is 10.9. The number of ether oxygens (including phenoxy) is 2. The average molecular weight is 402 g/mol. The van der Waals surface area contributed by atoms with E-state index in [1.54, 1.807) is 7.11 Å². The van der Waals surface area contributed by atoms with Gasteiger partial charge in [-0.05, 0) is 19.1 Å². The summed E-state index contributed by atoms with van der Waals surface area (Å²) in [6.07, 6.45) is 4.33. The van der Waals surface area contributed by atoms with Crippen molar-refractivity contribution < 1.29 is 14.3 Å². The summed E-state index contributed by atoms with van der Waals surface area (Å²) in [6.45, 7) is 7.61. The average Bonchev–Trinajstić information content (AvgIpc) is 2.70. The van der Waals surface area contributed by atoms with Crippen LogP contribution in [0.15, 0.2) is 4.99 Å². The highest BCUT2D eigenvalue weighted by atomic mass is 32.2. The van der Waals surface area contributed by atoms with Crippen molar-refractivity contribution in [2.24, 2.45) is 4.99 Å². The van der Waals surface area contributed by atoms with Crippen LogP contribution in [-0.2, 0) is 14.3 Å². The van der Waals surface area contributed by atoms with E-state index in [9.17, 15) is 4.79 Å². The minimum Gasteiger partial charge on any atom is -0.383 e. The zero-order chi connectivity index (χ0) is 19.5. The molecule has 0 bridgehead atoms. The first kappa shape index (κ1) is 22.3. The Balaban J connectivity index is 1.74. The van der Waals surface area contributed by atoms with E-state index in [0.29, 0.717) is 19.7 Å². The van der Waals surface area contributed by atoms with Crippen molar-refractivity contribution in [3.8, 4) is 0 Å². The molecule has 0 radical (unpaired) electrons. The predicted molar refractivity (Wildman–Crippen MR) is 111 cm³/mol. The molecule has 9 heteroatoms. The summed E-state index contributed by atoms with van der Waals surface area (Å²) in [5.41, 5.74) is 0. The molecule has 2 N–H and O–H groups in total. The molecule has 0 spiro atoms. The molecule has 2 aliphatic rings. The van der Waals surface area contributed by atoms with Crippen molar-refractivity contribution in [1.29, 1.82) is 0 Å². The smallest absolute Gasteiger partial charge is 0.234 e. The van der Waals surface area contributed by atoms with E-state index in [2.05, 4.69) is 31.7 Å². The molecule has 2 fully saturated rings. The molecule has 0 aromatic heterocycles. The quantitative estimate of drug-likeness (QED) is 0.333. The maximum atomic E-state index is 11.9. The Kier molecular flexibility index (Phi) is 9.67. The lowest BCUT2D eigenvalue weighted by molar-refractivity contribution is -0.122. The topological polar surface area (TPSA) is 78.4 Å². The predicted octanol–water partition coefficient (Wildman–Crippen LogP) is -0.146. The number of thioether (sulfide) groups is 1. The molecule has 1 amide bonds. The van der Waals surface area contributed by atoms with Gasteiger partial charge in [0.1, 0.15) is 0 Å². The number of amides is 1. The maximum absolute atomic E-state index is 11.9. The SMILES string of the molecule is CN=C(NCC1(SC)CCOCC1)N1CCN(CC(=O)NCCOC)CC1. The molecule has 0 unspecified atom stereocenters. The summed E-state index contributed by atoms with van der Waals surface area (Å²) in [6, 6.07) is 0. The number of rotatable bonds is 8. The molecule has 2 rings (SSSR count). The molecular weight excluding hydrogens is 366 g/mol. The molecular formula is C18H35N5O3S. The van der Waals surface area contributed by atoms with Crippen molar-refractivity contribution in [3.05, 3.63) is 0 Å². The van der Waals surface area contributed by atoms with Gasteiger partial charge in [-0.25, -0.2) is 0 Å². The first-order chi connectivity index (χ1) is 13.1. The zero-order valence-electron chi connectivity index (χ0n) is 17.0. The number of aliphatic imine (C=N–C) groups is 1. The third kappa shape index (κ3) is 7.14. The summed E-state index contributed by atoms with van der Waals surface area (Å²) in [7, 11) is 3.48. The van der Waals surface area contributed by atoms with Gasteiger partial charge in [0, 0.05) is 71.4 Å². The third-order valence-corrected chi connectivity index (χ3v) is 6.70. The van der Waals surface area contributed by atoms with Gasteiger partial charge in [0.25, 0.3) is 0 Å². The number of guanidine groups is 1. The van der Waals surface area contributed by atoms with E-state index in [-0.39, 0.29) is 10.7 Å². The molecule has 0 saturated carbocycles. The molecule has 2 heterocycles. The van der Waals surface area contributed by atoms with E-state index in [0.717, 1.165) is 64.7 Å². The summed E-state index contributed by atoms with van der Waals surface area (Å²) >= 11 is 1.93. The standard InChI is InChI=1S/C18H35N5O3S/c1-19-17(21-15-18(27-3)4-11-26-12-5-18)23-9-7-22(8-10-23)14-16(24)20-6-13-25-2/h4-15H2,1-3H3,(H,19,21)(H,20,24). The fourth-order valence-corrected chi connectivity index (χ4v) is 4.23. The Bertz CT molecular complexity index is 478. The molecule has 8 nitrogen and oxygen atoms in total. The van der Waals surface area contributed by atoms with Gasteiger partial charge in [0.05, 0.1) is 13.2 Å². The van der Waals surface area contributed by atoms with Crippen LogP contribution >= 0.6 is 11.8 Å². The van der Waals surface area contributed by atoms with Crippen LogP contribution in [0, 0.1) is 0 Å². The lowest BCUT2D eigenvalue weighted by Gasteiger charge is -2.39. The minimum absolute atomic E-state index is 0.0597. The van der Waals surface area contributed by atoms with Crippen LogP contribution in [0.25, 0.3) is 0 Å². The second kappa shape index (κ2) is 11.7. The number of methoxy groups -OCH3 is 1. The number of nitrogens with zero attached hydrogens (tertiary/aromatic N) is 3. The monoisotopic (exact) mass is 401 g/mol. The van der Waals surface area contributed by atoms with Crippen LogP contribution < -0.4 is 10.6 Å². The van der Waals surface area contributed by atoms with Crippen LogP contribution in [0.3, 0.4) is 0 Å². The Morgan fingerprint density at radius 1 is 1.22 bits per heavy atom. The van der Waals surface area contributed by atoms with Crippen molar-refractivity contribution in [2.75, 3.05) is 86.0 Å². The van der Waals surface area contributed by atoms with Crippen LogP contribution in [0.1, 0.15) is 12.8 Å². The van der Waals surface area contributed by atoms with E-state index in [4.69, 9.17) is 9.47 Å². The molecule has 0 aromatic carbocycles. The highest BCUT2D eigenvalue weighted by Crippen LogP contribution is 2.33. The Morgan fingerprint density at radius 3 is 2.52 bits per heavy atom. The molecule has 0 atom stereocenters. The normalized spacial score (nSPS) is 21.1. The number of piperazine rings is 1. The fraction of sp³-hybridized carbons (Fsp3) is 0.889. The maximum Gasteiger partial charge on any atom is 0.234 e. The Labute approximate surface area is 167 Å². The zero-order valence-corrected chi connectivity index (χ0v) is 17.8. The van der Waals surface area contributed by atoms with Gasteiger partial charge in [-0.15, -0.1) is 0 Å². The van der Waals surface area contributed by atoms with Crippen LogP contribution in [-0.4, -0.2) is 112 Å². The van der Waals surface area contributed by atoms with E-state index in [1.807, 2.05) is 18.8 Å². The van der Waals surface area contributed by atoms with E-state index < -0.39 is 0 Å². The van der Waals surface area contributed by atoms with Gasteiger partial charge in [-0.1, -0.05) is 0 Å². The molecule has 156 valence electrons. The summed E-state index contributed by atoms with van der Waals surface area (Å²) < 4.78 is 10.7. The van der Waals surface area contributed by atoms with Gasteiger partial charge in [-0.2, -0.15) is 11.8 Å². The van der Waals surface area contributed by atoms with Crippen LogP contribution in [0.4, 0.5) is 0 Å². The van der Waals surface area contributed by atoms with Gasteiger partial charge >= 0.3 is 0 Å². The number of carbonyl (C=O) groups excluding carboxylic acids is 1. The first-order valence-electron chi connectivity index (χ1n) is 9.69.